The van der Waals surface area contributed by atoms with Crippen LogP contribution in [0, 0.1) is 5.41 Å². The third-order valence-electron chi connectivity index (χ3n) is 3.35. The van der Waals surface area contributed by atoms with E-state index in [0.29, 0.717) is 10.9 Å². The molecule has 0 bridgehead atoms. The summed E-state index contributed by atoms with van der Waals surface area (Å²) in [7, 11) is 0. The number of rotatable bonds is 2. The molecule has 2 unspecified atom stereocenters. The molecule has 1 aliphatic heterocycles. The number of halogens is 1. The van der Waals surface area contributed by atoms with Crippen molar-refractivity contribution in [1.29, 1.82) is 0 Å². The number of amides is 2. The fraction of sp³-hybridized carbons (Fsp3) is 0.571. The molecule has 6 heteroatoms. The zero-order valence-corrected chi connectivity index (χ0v) is 13.6. The van der Waals surface area contributed by atoms with E-state index in [1.54, 1.807) is 11.8 Å². The molecule has 2 heterocycles. The largest absolute Gasteiger partial charge is 0.343 e. The first kappa shape index (κ1) is 15.3. The predicted molar refractivity (Wildman–Crippen MR) is 80.7 cm³/mol. The molecule has 1 aromatic heterocycles. The van der Waals surface area contributed by atoms with Crippen molar-refractivity contribution < 1.29 is 9.59 Å². The number of nitrogens with one attached hydrogen (secondary N) is 1. The van der Waals surface area contributed by atoms with Gasteiger partial charge in [-0.1, -0.05) is 32.4 Å². The van der Waals surface area contributed by atoms with Gasteiger partial charge in [0.1, 0.15) is 12.1 Å². The minimum Gasteiger partial charge on any atom is -0.343 e. The highest BCUT2D eigenvalue weighted by Crippen LogP contribution is 2.31. The standard InChI is InChI=1S/C14H19ClN2O2S/c1-8-13(19)17(7-9-5-6-10(15)20-9)11(12(18)16-8)14(2,3)4/h5-6,8,11H,7H2,1-4H3,(H,16,18). The molecule has 1 aromatic rings. The molecule has 1 N–H and O–H groups in total. The van der Waals surface area contributed by atoms with E-state index in [-0.39, 0.29) is 17.2 Å². The molecule has 2 rings (SSSR count). The summed E-state index contributed by atoms with van der Waals surface area (Å²) in [5, 5.41) is 2.75. The maximum atomic E-state index is 12.4. The van der Waals surface area contributed by atoms with Crippen LogP contribution in [0.1, 0.15) is 32.6 Å². The van der Waals surface area contributed by atoms with E-state index in [1.165, 1.54) is 11.3 Å². The van der Waals surface area contributed by atoms with E-state index in [2.05, 4.69) is 5.32 Å². The van der Waals surface area contributed by atoms with Crippen LogP contribution in [0.5, 0.6) is 0 Å². The Hall–Kier alpha value is -1.07. The Morgan fingerprint density at radius 1 is 1.35 bits per heavy atom. The third kappa shape index (κ3) is 2.99. The van der Waals surface area contributed by atoms with Crippen molar-refractivity contribution in [3.05, 3.63) is 21.3 Å². The number of hydrogen-bond acceptors (Lipinski definition) is 3. The van der Waals surface area contributed by atoms with Crippen LogP contribution in [0.3, 0.4) is 0 Å². The number of piperazine rings is 1. The molecule has 1 fully saturated rings. The summed E-state index contributed by atoms with van der Waals surface area (Å²) in [4.78, 5) is 27.4. The molecule has 1 saturated heterocycles. The molecule has 20 heavy (non-hydrogen) atoms. The highest BCUT2D eigenvalue weighted by atomic mass is 35.5. The van der Waals surface area contributed by atoms with Gasteiger partial charge in [-0.05, 0) is 24.5 Å². The average Bonchev–Trinajstić information content (AvgIpc) is 2.69. The zero-order valence-electron chi connectivity index (χ0n) is 12.1. The third-order valence-corrected chi connectivity index (χ3v) is 4.56. The quantitative estimate of drug-likeness (QED) is 0.912. The Balaban J connectivity index is 2.32. The maximum absolute atomic E-state index is 12.4. The summed E-state index contributed by atoms with van der Waals surface area (Å²) in [6.07, 6.45) is 0. The molecule has 1 aliphatic rings. The summed E-state index contributed by atoms with van der Waals surface area (Å²) >= 11 is 7.37. The van der Waals surface area contributed by atoms with Gasteiger partial charge in [0.25, 0.3) is 0 Å². The van der Waals surface area contributed by atoms with Crippen LogP contribution in [0.25, 0.3) is 0 Å². The Labute approximate surface area is 128 Å². The van der Waals surface area contributed by atoms with Gasteiger partial charge in [0.2, 0.25) is 11.8 Å². The monoisotopic (exact) mass is 314 g/mol. The highest BCUT2D eigenvalue weighted by Gasteiger charge is 2.44. The van der Waals surface area contributed by atoms with Gasteiger partial charge >= 0.3 is 0 Å². The number of nitrogens with zero attached hydrogens (tertiary/aromatic N) is 1. The Kier molecular flexibility index (Phi) is 4.12. The fourth-order valence-electron chi connectivity index (χ4n) is 2.51. The van der Waals surface area contributed by atoms with Crippen molar-refractivity contribution in [3.8, 4) is 0 Å². The van der Waals surface area contributed by atoms with Crippen LogP contribution in [-0.2, 0) is 16.1 Å². The van der Waals surface area contributed by atoms with Gasteiger partial charge in [-0.2, -0.15) is 0 Å². The number of carbonyl (C=O) groups is 2. The topological polar surface area (TPSA) is 49.4 Å². The highest BCUT2D eigenvalue weighted by molar-refractivity contribution is 7.16. The van der Waals surface area contributed by atoms with E-state index >= 15 is 0 Å². The molecule has 0 spiro atoms. The van der Waals surface area contributed by atoms with Crippen molar-refractivity contribution in [2.24, 2.45) is 5.41 Å². The summed E-state index contributed by atoms with van der Waals surface area (Å²) in [6.45, 7) is 8.04. The summed E-state index contributed by atoms with van der Waals surface area (Å²) in [6, 6.07) is 2.77. The number of hydrogen-bond donors (Lipinski definition) is 1. The minimum atomic E-state index is -0.475. The van der Waals surface area contributed by atoms with Crippen LogP contribution in [0.2, 0.25) is 4.34 Å². The van der Waals surface area contributed by atoms with E-state index in [1.807, 2.05) is 32.9 Å². The van der Waals surface area contributed by atoms with Gasteiger partial charge in [-0.15, -0.1) is 11.3 Å². The molecule has 0 saturated carbocycles. The van der Waals surface area contributed by atoms with Crippen LogP contribution in [-0.4, -0.2) is 28.8 Å². The normalized spacial score (nSPS) is 23.9. The van der Waals surface area contributed by atoms with Crippen molar-refractivity contribution in [2.75, 3.05) is 0 Å². The second kappa shape index (κ2) is 5.37. The van der Waals surface area contributed by atoms with E-state index in [0.717, 1.165) is 4.88 Å². The lowest BCUT2D eigenvalue weighted by Gasteiger charge is -2.43. The first-order valence-corrected chi connectivity index (χ1v) is 7.74. The van der Waals surface area contributed by atoms with E-state index < -0.39 is 12.1 Å². The Morgan fingerprint density at radius 2 is 2.00 bits per heavy atom. The first-order valence-electron chi connectivity index (χ1n) is 6.55. The number of thiophene rings is 1. The Morgan fingerprint density at radius 3 is 2.50 bits per heavy atom. The summed E-state index contributed by atoms with van der Waals surface area (Å²) in [5.41, 5.74) is -0.319. The summed E-state index contributed by atoms with van der Waals surface area (Å²) in [5.74, 6) is -0.138. The minimum absolute atomic E-state index is 0.0472. The fourth-order valence-corrected chi connectivity index (χ4v) is 3.59. The van der Waals surface area contributed by atoms with Gasteiger partial charge in [0.05, 0.1) is 10.9 Å². The molecule has 0 aliphatic carbocycles. The van der Waals surface area contributed by atoms with Crippen molar-refractivity contribution in [2.45, 2.75) is 46.3 Å². The van der Waals surface area contributed by atoms with Crippen LogP contribution in [0.4, 0.5) is 0 Å². The second-order valence-corrected chi connectivity index (χ2v) is 7.97. The molecule has 0 radical (unpaired) electrons. The van der Waals surface area contributed by atoms with E-state index in [9.17, 15) is 9.59 Å². The van der Waals surface area contributed by atoms with Gasteiger partial charge < -0.3 is 10.2 Å². The van der Waals surface area contributed by atoms with Crippen molar-refractivity contribution >= 4 is 34.8 Å². The maximum Gasteiger partial charge on any atom is 0.245 e. The number of carbonyl (C=O) groups excluding carboxylic acids is 2. The van der Waals surface area contributed by atoms with Crippen molar-refractivity contribution in [1.82, 2.24) is 10.2 Å². The molecule has 2 atom stereocenters. The zero-order chi connectivity index (χ0) is 15.1. The molecular formula is C14H19ClN2O2S. The SMILES string of the molecule is CC1NC(=O)C(C(C)(C)C)N(Cc2ccc(Cl)s2)C1=O. The molecular weight excluding hydrogens is 296 g/mol. The smallest absolute Gasteiger partial charge is 0.245 e. The van der Waals surface area contributed by atoms with Gasteiger partial charge in [0.15, 0.2) is 0 Å². The molecule has 0 aromatic carbocycles. The lowest BCUT2D eigenvalue weighted by molar-refractivity contribution is -0.154. The first-order chi connectivity index (χ1) is 9.20. The second-order valence-electron chi connectivity index (χ2n) is 6.17. The Bertz CT molecular complexity index is 536. The molecule has 4 nitrogen and oxygen atoms in total. The van der Waals surface area contributed by atoms with Crippen molar-refractivity contribution in [3.63, 3.8) is 0 Å². The lowest BCUT2D eigenvalue weighted by atomic mass is 9.83. The van der Waals surface area contributed by atoms with Crippen LogP contribution in [0.15, 0.2) is 12.1 Å². The van der Waals surface area contributed by atoms with E-state index in [4.69, 9.17) is 11.6 Å². The van der Waals surface area contributed by atoms with Crippen LogP contribution < -0.4 is 5.32 Å². The summed E-state index contributed by atoms with van der Waals surface area (Å²) < 4.78 is 0.689. The molecule has 110 valence electrons. The van der Waals surface area contributed by atoms with Gasteiger partial charge in [-0.3, -0.25) is 9.59 Å². The lowest BCUT2D eigenvalue weighted by Crippen LogP contribution is -2.65. The van der Waals surface area contributed by atoms with Gasteiger partial charge in [0, 0.05) is 4.88 Å². The average molecular weight is 315 g/mol. The van der Waals surface area contributed by atoms with Crippen LogP contribution >= 0.6 is 22.9 Å². The van der Waals surface area contributed by atoms with Gasteiger partial charge in [-0.25, -0.2) is 0 Å². The molecule has 2 amide bonds. The predicted octanol–water partition coefficient (Wildman–Crippen LogP) is 2.66.